The minimum Gasteiger partial charge on any atom is -0.481 e. The van der Waals surface area contributed by atoms with Gasteiger partial charge in [0, 0.05) is 12.3 Å². The number of hydrogen-bond acceptors (Lipinski definition) is 6. The topological polar surface area (TPSA) is 102 Å². The van der Waals surface area contributed by atoms with Crippen LogP contribution in [0.4, 0.5) is 0 Å². The van der Waals surface area contributed by atoms with Crippen LogP contribution in [0.3, 0.4) is 0 Å². The quantitative estimate of drug-likeness (QED) is 0.268. The maximum absolute atomic E-state index is 12.5. The summed E-state index contributed by atoms with van der Waals surface area (Å²) in [6.45, 7) is 1.97. The van der Waals surface area contributed by atoms with Crippen LogP contribution in [0.2, 0.25) is 0 Å². The van der Waals surface area contributed by atoms with Crippen LogP contribution in [-0.2, 0) is 28.6 Å². The average Bonchev–Trinajstić information content (AvgIpc) is 3.30. The van der Waals surface area contributed by atoms with Gasteiger partial charge in [-0.3, -0.25) is 8.98 Å². The van der Waals surface area contributed by atoms with Crippen molar-refractivity contribution in [2.24, 2.45) is 11.8 Å². The number of aliphatic carboxylic acids is 1. The highest BCUT2D eigenvalue weighted by Gasteiger charge is 2.68. The molecule has 3 heterocycles. The van der Waals surface area contributed by atoms with E-state index in [-0.39, 0.29) is 54.2 Å². The van der Waals surface area contributed by atoms with Crippen LogP contribution < -0.4 is 0 Å². The number of carboxylic acid groups (broad SMARTS) is 1. The Morgan fingerprint density at radius 2 is 1.72 bits per heavy atom. The van der Waals surface area contributed by atoms with Gasteiger partial charge in [-0.05, 0) is 44.2 Å². The van der Waals surface area contributed by atoms with Gasteiger partial charge in [-0.25, -0.2) is 0 Å². The number of carboxylic acids is 1. The number of fused-ring (bicyclic) bond motifs is 5. The molecule has 1 N–H and O–H groups in total. The largest absolute Gasteiger partial charge is 0.481 e. The molecule has 8 heteroatoms. The Kier molecular flexibility index (Phi) is 5.79. The number of carbonyl (C=O) groups is 1. The van der Waals surface area contributed by atoms with Gasteiger partial charge in [0.1, 0.15) is 12.2 Å². The number of epoxide rings is 1. The standard InChI is InChI=1S/C21H26O7S/c1-13-8-10-14(11-9-13)29(24,25)26-12-16-15(6-4-2-3-5-7-17(22)23)18-20-21(28-20)19(16)27-18/h2,4,8-11,15-16,18-21H,3,5-7,12H2,1H3,(H,22,23)/b4-2-/t15-,16+,18+,19-,20-,21+/m0/s1. The number of ether oxygens (including phenoxy) is 2. The van der Waals surface area contributed by atoms with Crippen molar-refractivity contribution < 1.29 is 32.0 Å². The molecule has 1 aromatic rings. The van der Waals surface area contributed by atoms with E-state index in [1.165, 1.54) is 0 Å². The van der Waals surface area contributed by atoms with Crippen molar-refractivity contribution in [1.29, 1.82) is 0 Å². The average molecular weight is 422 g/mol. The van der Waals surface area contributed by atoms with Gasteiger partial charge in [0.15, 0.2) is 0 Å². The molecular formula is C21H26O7S. The summed E-state index contributed by atoms with van der Waals surface area (Å²) in [5.74, 6) is -0.704. The molecule has 3 aliphatic heterocycles. The number of allylic oxidation sites excluding steroid dienone is 2. The normalized spacial score (nSPS) is 32.6. The Morgan fingerprint density at radius 3 is 2.41 bits per heavy atom. The van der Waals surface area contributed by atoms with Gasteiger partial charge < -0.3 is 14.6 Å². The summed E-state index contributed by atoms with van der Waals surface area (Å²) >= 11 is 0. The maximum atomic E-state index is 12.5. The predicted octanol–water partition coefficient (Wildman–Crippen LogP) is 2.68. The van der Waals surface area contributed by atoms with Crippen LogP contribution in [0.5, 0.6) is 0 Å². The van der Waals surface area contributed by atoms with E-state index < -0.39 is 16.1 Å². The Labute approximate surface area is 170 Å². The van der Waals surface area contributed by atoms with Crippen molar-refractivity contribution in [3.05, 3.63) is 42.0 Å². The van der Waals surface area contributed by atoms with Crippen LogP contribution >= 0.6 is 0 Å². The molecule has 0 aromatic heterocycles. The fourth-order valence-electron chi connectivity index (χ4n) is 4.39. The number of rotatable bonds is 10. The zero-order chi connectivity index (χ0) is 20.6. The summed E-state index contributed by atoms with van der Waals surface area (Å²) in [6, 6.07) is 6.60. The number of hydrogen-bond donors (Lipinski definition) is 1. The maximum Gasteiger partial charge on any atom is 0.303 e. The molecule has 0 amide bonds. The van der Waals surface area contributed by atoms with Crippen molar-refractivity contribution in [3.63, 3.8) is 0 Å². The third-order valence-electron chi connectivity index (χ3n) is 5.98. The van der Waals surface area contributed by atoms with E-state index in [2.05, 4.69) is 0 Å². The summed E-state index contributed by atoms with van der Waals surface area (Å²) in [5, 5.41) is 8.69. The minimum absolute atomic E-state index is 0.0238. The van der Waals surface area contributed by atoms with Gasteiger partial charge >= 0.3 is 5.97 Å². The second-order valence-corrected chi connectivity index (χ2v) is 9.62. The highest BCUT2D eigenvalue weighted by molar-refractivity contribution is 7.86. The summed E-state index contributed by atoms with van der Waals surface area (Å²) in [5.41, 5.74) is 0.984. The minimum atomic E-state index is -3.82. The summed E-state index contributed by atoms with van der Waals surface area (Å²) < 4.78 is 42.2. The van der Waals surface area contributed by atoms with Gasteiger partial charge in [-0.2, -0.15) is 8.42 Å². The molecule has 0 radical (unpaired) electrons. The van der Waals surface area contributed by atoms with E-state index >= 15 is 0 Å². The number of aryl methyl sites for hydroxylation is 1. The number of benzene rings is 1. The van der Waals surface area contributed by atoms with E-state index in [4.69, 9.17) is 18.8 Å². The summed E-state index contributed by atoms with van der Waals surface area (Å²) in [7, 11) is -3.82. The van der Waals surface area contributed by atoms with Gasteiger partial charge in [0.05, 0.1) is 23.7 Å². The number of unbranched alkanes of at least 4 members (excludes halogenated alkanes) is 1. The first kappa shape index (κ1) is 20.5. The van der Waals surface area contributed by atoms with E-state index in [1.807, 2.05) is 19.1 Å². The Hall–Kier alpha value is -1.74. The third kappa shape index (κ3) is 4.40. The molecule has 6 atom stereocenters. The smallest absolute Gasteiger partial charge is 0.303 e. The van der Waals surface area contributed by atoms with Crippen molar-refractivity contribution in [2.45, 2.75) is 61.9 Å². The lowest BCUT2D eigenvalue weighted by Gasteiger charge is -2.24. The van der Waals surface area contributed by atoms with Gasteiger partial charge in [-0.15, -0.1) is 0 Å². The van der Waals surface area contributed by atoms with Crippen molar-refractivity contribution >= 4 is 16.1 Å². The Balaban J connectivity index is 1.35. The fourth-order valence-corrected chi connectivity index (χ4v) is 5.33. The molecular weight excluding hydrogens is 396 g/mol. The molecule has 0 saturated carbocycles. The van der Waals surface area contributed by atoms with Gasteiger partial charge in [0.2, 0.25) is 0 Å². The molecule has 29 heavy (non-hydrogen) atoms. The third-order valence-corrected chi connectivity index (χ3v) is 7.27. The summed E-state index contributed by atoms with van der Waals surface area (Å²) in [4.78, 5) is 10.7. The molecule has 4 rings (SSSR count). The van der Waals surface area contributed by atoms with E-state index in [1.54, 1.807) is 24.3 Å². The van der Waals surface area contributed by atoms with Crippen LogP contribution in [-0.4, -0.2) is 50.5 Å². The van der Waals surface area contributed by atoms with E-state index in [0.717, 1.165) is 12.0 Å². The highest BCUT2D eigenvalue weighted by Crippen LogP contribution is 2.55. The Bertz CT molecular complexity index is 877. The van der Waals surface area contributed by atoms with Crippen LogP contribution in [0, 0.1) is 18.8 Å². The second-order valence-electron chi connectivity index (χ2n) is 8.00. The SMILES string of the molecule is Cc1ccc(S(=O)(=O)OC[C@@H]2[C@H](C/C=C\CCCC(=O)O)[C@H]3O[C@@H]2[C@H]2O[C@H]23)cc1. The van der Waals surface area contributed by atoms with Gasteiger partial charge in [-0.1, -0.05) is 29.8 Å². The first-order chi connectivity index (χ1) is 13.9. The van der Waals surface area contributed by atoms with E-state index in [9.17, 15) is 13.2 Å². The first-order valence-electron chi connectivity index (χ1n) is 10.0. The molecule has 0 aliphatic carbocycles. The predicted molar refractivity (Wildman–Crippen MR) is 104 cm³/mol. The molecule has 2 bridgehead atoms. The monoisotopic (exact) mass is 422 g/mol. The summed E-state index contributed by atoms with van der Waals surface area (Å²) in [6.07, 6.45) is 6.27. The van der Waals surface area contributed by atoms with Crippen LogP contribution in [0.25, 0.3) is 0 Å². The van der Waals surface area contributed by atoms with Crippen molar-refractivity contribution in [2.75, 3.05) is 6.61 Å². The molecule has 3 fully saturated rings. The molecule has 1 aromatic carbocycles. The highest BCUT2D eigenvalue weighted by atomic mass is 32.2. The molecule has 0 spiro atoms. The lowest BCUT2D eigenvalue weighted by molar-refractivity contribution is -0.137. The van der Waals surface area contributed by atoms with E-state index in [0.29, 0.717) is 12.8 Å². The van der Waals surface area contributed by atoms with Gasteiger partial charge in [0.25, 0.3) is 10.1 Å². The lowest BCUT2D eigenvalue weighted by Crippen LogP contribution is -2.36. The second kappa shape index (κ2) is 8.18. The molecule has 158 valence electrons. The van der Waals surface area contributed by atoms with Crippen LogP contribution in [0.1, 0.15) is 31.2 Å². The zero-order valence-corrected chi connectivity index (χ0v) is 17.1. The molecule has 0 unspecified atom stereocenters. The van der Waals surface area contributed by atoms with Crippen molar-refractivity contribution in [3.8, 4) is 0 Å². The first-order valence-corrected chi connectivity index (χ1v) is 11.4. The Morgan fingerprint density at radius 1 is 1.07 bits per heavy atom. The molecule has 3 aliphatic rings. The molecule has 3 saturated heterocycles. The fraction of sp³-hybridized carbons (Fsp3) is 0.571. The lowest BCUT2D eigenvalue weighted by atomic mass is 9.78. The van der Waals surface area contributed by atoms with Crippen LogP contribution in [0.15, 0.2) is 41.3 Å². The molecule has 7 nitrogen and oxygen atoms in total. The zero-order valence-electron chi connectivity index (χ0n) is 16.3. The van der Waals surface area contributed by atoms with Crippen molar-refractivity contribution in [1.82, 2.24) is 0 Å².